The second-order valence-corrected chi connectivity index (χ2v) is 7.70. The maximum atomic E-state index is 12.2. The number of phenolic OH excluding ortho intramolecular Hbond substituents is 1. The summed E-state index contributed by atoms with van der Waals surface area (Å²) >= 11 is 0. The topological polar surface area (TPSA) is 35.9 Å². The van der Waals surface area contributed by atoms with Crippen molar-refractivity contribution in [3.8, 4) is 11.5 Å². The number of hydrogen-bond donors (Lipinski definition) is 1. The van der Waals surface area contributed by atoms with Gasteiger partial charge in [-0.05, 0) is 67.8 Å². The van der Waals surface area contributed by atoms with Crippen LogP contribution in [0.3, 0.4) is 0 Å². The van der Waals surface area contributed by atoms with Crippen molar-refractivity contribution < 1.29 is 23.0 Å². The molecule has 2 aromatic rings. The average molecular weight is 422 g/mol. The van der Waals surface area contributed by atoms with Gasteiger partial charge >= 0.3 is 6.36 Å². The number of unbranched alkanes of at least 4 members (excludes halogenated alkanes) is 3. The SMILES string of the molecule is Oc1ccc(N2CCN(CCCCCCc3ccc(OC(F)(F)F)cc3)CC2)cc1. The maximum Gasteiger partial charge on any atom is 0.573 e. The van der Waals surface area contributed by atoms with Gasteiger partial charge in [-0.3, -0.25) is 4.90 Å². The van der Waals surface area contributed by atoms with E-state index in [1.54, 1.807) is 24.3 Å². The first kappa shape index (κ1) is 22.3. The lowest BCUT2D eigenvalue weighted by molar-refractivity contribution is -0.274. The van der Waals surface area contributed by atoms with E-state index in [9.17, 15) is 18.3 Å². The third kappa shape index (κ3) is 7.44. The number of ether oxygens (including phenoxy) is 1. The fourth-order valence-electron chi connectivity index (χ4n) is 3.77. The molecule has 0 radical (unpaired) electrons. The van der Waals surface area contributed by atoms with Crippen LogP contribution < -0.4 is 9.64 Å². The van der Waals surface area contributed by atoms with Crippen LogP contribution in [0, 0.1) is 0 Å². The van der Waals surface area contributed by atoms with E-state index in [4.69, 9.17) is 0 Å². The molecule has 0 aliphatic carbocycles. The Morgan fingerprint density at radius 2 is 1.43 bits per heavy atom. The summed E-state index contributed by atoms with van der Waals surface area (Å²) in [5, 5.41) is 9.40. The summed E-state index contributed by atoms with van der Waals surface area (Å²) in [7, 11) is 0. The van der Waals surface area contributed by atoms with E-state index >= 15 is 0 Å². The van der Waals surface area contributed by atoms with Crippen molar-refractivity contribution in [2.45, 2.75) is 38.5 Å². The Hall–Kier alpha value is -2.41. The molecule has 3 rings (SSSR count). The first-order valence-electron chi connectivity index (χ1n) is 10.5. The highest BCUT2D eigenvalue weighted by atomic mass is 19.4. The van der Waals surface area contributed by atoms with Crippen LogP contribution in [0.5, 0.6) is 11.5 Å². The van der Waals surface area contributed by atoms with E-state index in [-0.39, 0.29) is 5.75 Å². The molecule has 0 atom stereocenters. The summed E-state index contributed by atoms with van der Waals surface area (Å²) in [5.41, 5.74) is 2.19. The van der Waals surface area contributed by atoms with E-state index in [1.165, 1.54) is 12.1 Å². The Morgan fingerprint density at radius 3 is 2.07 bits per heavy atom. The number of benzene rings is 2. The van der Waals surface area contributed by atoms with Crippen LogP contribution in [-0.4, -0.2) is 49.1 Å². The van der Waals surface area contributed by atoms with Crippen molar-refractivity contribution in [3.05, 3.63) is 54.1 Å². The molecule has 0 bridgehead atoms. The number of phenols is 1. The van der Waals surface area contributed by atoms with Gasteiger partial charge in [-0.1, -0.05) is 25.0 Å². The van der Waals surface area contributed by atoms with Crippen molar-refractivity contribution in [1.82, 2.24) is 4.90 Å². The van der Waals surface area contributed by atoms with Crippen LogP contribution in [-0.2, 0) is 6.42 Å². The molecule has 30 heavy (non-hydrogen) atoms. The number of anilines is 1. The molecule has 1 aliphatic rings. The summed E-state index contributed by atoms with van der Waals surface area (Å²) in [6.07, 6.45) is 0.713. The van der Waals surface area contributed by atoms with Crippen LogP contribution in [0.1, 0.15) is 31.2 Å². The monoisotopic (exact) mass is 422 g/mol. The Bertz CT molecular complexity index is 756. The molecule has 1 N–H and O–H groups in total. The van der Waals surface area contributed by atoms with Gasteiger partial charge in [0.2, 0.25) is 0 Å². The number of alkyl halides is 3. The zero-order valence-corrected chi connectivity index (χ0v) is 17.1. The normalized spacial score (nSPS) is 15.4. The fourth-order valence-corrected chi connectivity index (χ4v) is 3.77. The number of piperazine rings is 1. The second-order valence-electron chi connectivity index (χ2n) is 7.70. The first-order chi connectivity index (χ1) is 14.4. The number of halogens is 3. The highest BCUT2D eigenvalue weighted by Gasteiger charge is 2.30. The maximum absolute atomic E-state index is 12.2. The largest absolute Gasteiger partial charge is 0.573 e. The first-order valence-corrected chi connectivity index (χ1v) is 10.5. The van der Waals surface area contributed by atoms with Crippen molar-refractivity contribution in [1.29, 1.82) is 0 Å². The van der Waals surface area contributed by atoms with Gasteiger partial charge < -0.3 is 14.7 Å². The highest BCUT2D eigenvalue weighted by Crippen LogP contribution is 2.23. The molecule has 1 saturated heterocycles. The molecule has 0 saturated carbocycles. The van der Waals surface area contributed by atoms with Crippen molar-refractivity contribution in [3.63, 3.8) is 0 Å². The molecule has 2 aromatic carbocycles. The highest BCUT2D eigenvalue weighted by molar-refractivity contribution is 5.49. The Kier molecular flexibility index (Phi) is 7.85. The Morgan fingerprint density at radius 1 is 0.800 bits per heavy atom. The van der Waals surface area contributed by atoms with E-state index < -0.39 is 6.36 Å². The van der Waals surface area contributed by atoms with Gasteiger partial charge in [-0.25, -0.2) is 0 Å². The van der Waals surface area contributed by atoms with Gasteiger partial charge in [0.25, 0.3) is 0 Å². The molecular formula is C23H29F3N2O2. The zero-order chi connectivity index (χ0) is 21.4. The second kappa shape index (κ2) is 10.6. The number of rotatable bonds is 9. The van der Waals surface area contributed by atoms with E-state index in [0.717, 1.165) is 76.1 Å². The lowest BCUT2D eigenvalue weighted by atomic mass is 10.1. The molecule has 0 unspecified atom stereocenters. The minimum absolute atomic E-state index is 0.170. The summed E-state index contributed by atoms with van der Waals surface area (Å²) in [4.78, 5) is 4.84. The van der Waals surface area contributed by atoms with Crippen LogP contribution in [0.4, 0.5) is 18.9 Å². The Balaban J connectivity index is 1.25. The number of hydrogen-bond acceptors (Lipinski definition) is 4. The summed E-state index contributed by atoms with van der Waals surface area (Å²) in [6, 6.07) is 13.5. The van der Waals surface area contributed by atoms with Crippen molar-refractivity contribution >= 4 is 5.69 Å². The van der Waals surface area contributed by atoms with Gasteiger partial charge in [0.05, 0.1) is 0 Å². The molecule has 0 aromatic heterocycles. The third-order valence-corrected chi connectivity index (χ3v) is 5.43. The summed E-state index contributed by atoms with van der Waals surface area (Å²) in [6.45, 7) is 5.20. The van der Waals surface area contributed by atoms with E-state index in [2.05, 4.69) is 14.5 Å². The van der Waals surface area contributed by atoms with Gasteiger partial charge in [0, 0.05) is 31.9 Å². The molecule has 1 fully saturated rings. The molecule has 0 amide bonds. The Labute approximate surface area is 175 Å². The predicted octanol–water partition coefficient (Wildman–Crippen LogP) is 5.22. The lowest BCUT2D eigenvalue weighted by Gasteiger charge is -2.36. The van der Waals surface area contributed by atoms with Gasteiger partial charge in [-0.15, -0.1) is 13.2 Å². The quantitative estimate of drug-likeness (QED) is 0.563. The van der Waals surface area contributed by atoms with Crippen LogP contribution >= 0.6 is 0 Å². The number of nitrogens with zero attached hydrogens (tertiary/aromatic N) is 2. The zero-order valence-electron chi connectivity index (χ0n) is 17.1. The molecule has 164 valence electrons. The van der Waals surface area contributed by atoms with Gasteiger partial charge in [0.15, 0.2) is 0 Å². The minimum atomic E-state index is -4.64. The fraction of sp³-hybridized carbons (Fsp3) is 0.478. The molecule has 1 heterocycles. The number of aromatic hydroxyl groups is 1. The van der Waals surface area contributed by atoms with Crippen LogP contribution in [0.2, 0.25) is 0 Å². The smallest absolute Gasteiger partial charge is 0.508 e. The summed E-state index contributed by atoms with van der Waals surface area (Å²) in [5.74, 6) is 0.127. The molecule has 1 aliphatic heterocycles. The lowest BCUT2D eigenvalue weighted by Crippen LogP contribution is -2.46. The van der Waals surface area contributed by atoms with Crippen LogP contribution in [0.25, 0.3) is 0 Å². The average Bonchev–Trinajstić information content (AvgIpc) is 2.72. The van der Waals surface area contributed by atoms with Gasteiger partial charge in [0.1, 0.15) is 11.5 Å². The molecule has 0 spiro atoms. The standard InChI is InChI=1S/C23H29F3N2O2/c24-23(25,26)30-22-12-6-19(7-13-22)5-3-1-2-4-14-27-15-17-28(18-16-27)20-8-10-21(29)11-9-20/h6-13,29H,1-5,14-18H2. The van der Waals surface area contributed by atoms with Crippen LogP contribution in [0.15, 0.2) is 48.5 Å². The van der Waals surface area contributed by atoms with Crippen molar-refractivity contribution in [2.75, 3.05) is 37.6 Å². The molecule has 7 heteroatoms. The predicted molar refractivity (Wildman–Crippen MR) is 112 cm³/mol. The minimum Gasteiger partial charge on any atom is -0.508 e. The molecular weight excluding hydrogens is 393 g/mol. The number of aryl methyl sites for hydroxylation is 1. The summed E-state index contributed by atoms with van der Waals surface area (Å²) < 4.78 is 40.4. The van der Waals surface area contributed by atoms with Gasteiger partial charge in [-0.2, -0.15) is 0 Å². The molecule has 4 nitrogen and oxygen atoms in total. The third-order valence-electron chi connectivity index (χ3n) is 5.43. The van der Waals surface area contributed by atoms with Crippen molar-refractivity contribution in [2.24, 2.45) is 0 Å². The van der Waals surface area contributed by atoms with E-state index in [0.29, 0.717) is 5.75 Å². The van der Waals surface area contributed by atoms with E-state index in [1.807, 2.05) is 12.1 Å².